The molecular formula is C22H17F3N6O2. The molecule has 0 spiro atoms. The van der Waals surface area contributed by atoms with Gasteiger partial charge in [0.1, 0.15) is 17.4 Å². The van der Waals surface area contributed by atoms with E-state index in [1.807, 2.05) is 0 Å². The molecule has 8 nitrogen and oxygen atoms in total. The Bertz CT molecular complexity index is 1260. The van der Waals surface area contributed by atoms with Crippen molar-refractivity contribution in [1.82, 2.24) is 19.7 Å². The first-order valence-corrected chi connectivity index (χ1v) is 9.66. The first-order valence-electron chi connectivity index (χ1n) is 9.66. The van der Waals surface area contributed by atoms with E-state index in [9.17, 15) is 18.0 Å². The maximum atomic E-state index is 12.6. The van der Waals surface area contributed by atoms with E-state index in [-0.39, 0.29) is 5.56 Å². The summed E-state index contributed by atoms with van der Waals surface area (Å²) in [6.45, 7) is 1.76. The molecule has 33 heavy (non-hydrogen) atoms. The Hall–Kier alpha value is -4.41. The predicted octanol–water partition coefficient (Wildman–Crippen LogP) is 4.87. The summed E-state index contributed by atoms with van der Waals surface area (Å²) in [7, 11) is 0. The lowest BCUT2D eigenvalue weighted by atomic mass is 10.2. The SMILES string of the molecule is Cc1nc(Nc2ccc(NC(=O)c3ccccc3OC(F)(F)F)cc2)cc(-n2cccn2)n1. The number of benzene rings is 2. The Balaban J connectivity index is 1.46. The molecule has 2 heterocycles. The molecule has 0 aliphatic heterocycles. The van der Waals surface area contributed by atoms with Crippen LogP contribution in [0.25, 0.3) is 5.82 Å². The first kappa shape index (κ1) is 21.8. The molecule has 4 aromatic rings. The van der Waals surface area contributed by atoms with Crippen LogP contribution in [0.1, 0.15) is 16.2 Å². The average molecular weight is 454 g/mol. The van der Waals surface area contributed by atoms with E-state index in [1.165, 1.54) is 18.2 Å². The highest BCUT2D eigenvalue weighted by Crippen LogP contribution is 2.27. The molecule has 2 aromatic heterocycles. The van der Waals surface area contributed by atoms with Crippen LogP contribution in [0, 0.1) is 6.92 Å². The lowest BCUT2D eigenvalue weighted by molar-refractivity contribution is -0.274. The lowest BCUT2D eigenvalue weighted by Crippen LogP contribution is -2.20. The fourth-order valence-corrected chi connectivity index (χ4v) is 2.99. The topological polar surface area (TPSA) is 94.0 Å². The number of aromatic nitrogens is 4. The number of rotatable bonds is 6. The largest absolute Gasteiger partial charge is 0.573 e. The number of aryl methyl sites for hydroxylation is 1. The second kappa shape index (κ2) is 8.99. The zero-order valence-electron chi connectivity index (χ0n) is 17.2. The van der Waals surface area contributed by atoms with Gasteiger partial charge in [-0.1, -0.05) is 12.1 Å². The molecule has 0 saturated heterocycles. The van der Waals surface area contributed by atoms with Gasteiger partial charge >= 0.3 is 6.36 Å². The summed E-state index contributed by atoms with van der Waals surface area (Å²) < 4.78 is 43.3. The summed E-state index contributed by atoms with van der Waals surface area (Å²) in [4.78, 5) is 21.2. The fourth-order valence-electron chi connectivity index (χ4n) is 2.99. The van der Waals surface area contributed by atoms with E-state index in [4.69, 9.17) is 0 Å². The van der Waals surface area contributed by atoms with Gasteiger partial charge in [0.15, 0.2) is 5.82 Å². The maximum Gasteiger partial charge on any atom is 0.573 e. The van der Waals surface area contributed by atoms with E-state index in [0.717, 1.165) is 6.07 Å². The van der Waals surface area contributed by atoms with Crippen LogP contribution in [0.15, 0.2) is 73.1 Å². The number of carbonyl (C=O) groups is 1. The van der Waals surface area contributed by atoms with Gasteiger partial charge in [-0.15, -0.1) is 13.2 Å². The quantitative estimate of drug-likeness (QED) is 0.432. The highest BCUT2D eigenvalue weighted by Gasteiger charge is 2.32. The van der Waals surface area contributed by atoms with E-state index >= 15 is 0 Å². The predicted molar refractivity (Wildman–Crippen MR) is 115 cm³/mol. The number of hydrogen-bond donors (Lipinski definition) is 2. The van der Waals surface area contributed by atoms with Crippen molar-refractivity contribution >= 4 is 23.1 Å². The third kappa shape index (κ3) is 5.64. The Kier molecular flexibility index (Phi) is 5.94. The molecule has 0 aliphatic carbocycles. The smallest absolute Gasteiger partial charge is 0.405 e. The van der Waals surface area contributed by atoms with Gasteiger partial charge in [0, 0.05) is 29.8 Å². The van der Waals surface area contributed by atoms with E-state index in [2.05, 4.69) is 30.4 Å². The number of ether oxygens (including phenoxy) is 1. The Labute approximate surface area is 186 Å². The van der Waals surface area contributed by atoms with Crippen molar-refractivity contribution in [3.05, 3.63) is 84.4 Å². The second-order valence-corrected chi connectivity index (χ2v) is 6.81. The fraction of sp³-hybridized carbons (Fsp3) is 0.0909. The summed E-state index contributed by atoms with van der Waals surface area (Å²) in [5, 5.41) is 9.86. The number of halogens is 3. The number of amides is 1. The van der Waals surface area contributed by atoms with Crippen LogP contribution in [0.4, 0.5) is 30.4 Å². The van der Waals surface area contributed by atoms with Crippen LogP contribution < -0.4 is 15.4 Å². The standard InChI is InChI=1S/C22H17F3N6O2/c1-14-27-19(13-20(28-14)31-12-4-11-26-31)29-15-7-9-16(10-8-15)30-21(32)17-5-2-3-6-18(17)33-22(23,24)25/h2-13H,1H3,(H,30,32)(H,27,28,29). The van der Waals surface area contributed by atoms with Crippen LogP contribution in [-0.4, -0.2) is 32.0 Å². The van der Waals surface area contributed by atoms with Gasteiger partial charge in [0.25, 0.3) is 5.91 Å². The molecule has 168 valence electrons. The highest BCUT2D eigenvalue weighted by molar-refractivity contribution is 6.06. The van der Waals surface area contributed by atoms with Crippen molar-refractivity contribution in [1.29, 1.82) is 0 Å². The van der Waals surface area contributed by atoms with Gasteiger partial charge < -0.3 is 15.4 Å². The summed E-state index contributed by atoms with van der Waals surface area (Å²) in [6.07, 6.45) is -1.49. The second-order valence-electron chi connectivity index (χ2n) is 6.81. The van der Waals surface area contributed by atoms with Crippen molar-refractivity contribution in [3.63, 3.8) is 0 Å². The minimum atomic E-state index is -4.90. The third-order valence-corrected chi connectivity index (χ3v) is 4.34. The van der Waals surface area contributed by atoms with Crippen molar-refractivity contribution in [3.8, 4) is 11.6 Å². The Morgan fingerprint density at radius 1 is 1.00 bits per heavy atom. The number of anilines is 3. The van der Waals surface area contributed by atoms with Crippen molar-refractivity contribution < 1.29 is 22.7 Å². The van der Waals surface area contributed by atoms with Crippen molar-refractivity contribution in [2.45, 2.75) is 13.3 Å². The van der Waals surface area contributed by atoms with Crippen molar-refractivity contribution in [2.24, 2.45) is 0 Å². The maximum absolute atomic E-state index is 12.6. The minimum absolute atomic E-state index is 0.236. The molecule has 0 unspecified atom stereocenters. The minimum Gasteiger partial charge on any atom is -0.405 e. The molecule has 0 saturated carbocycles. The average Bonchev–Trinajstić information content (AvgIpc) is 3.29. The summed E-state index contributed by atoms with van der Waals surface area (Å²) in [6, 6.07) is 15.2. The summed E-state index contributed by atoms with van der Waals surface area (Å²) in [5.74, 6) is 0.384. The Morgan fingerprint density at radius 3 is 2.42 bits per heavy atom. The molecule has 2 aromatic carbocycles. The molecule has 1 amide bonds. The molecule has 2 N–H and O–H groups in total. The van der Waals surface area contributed by atoms with E-state index < -0.39 is 18.0 Å². The van der Waals surface area contributed by atoms with Gasteiger partial charge in [-0.3, -0.25) is 4.79 Å². The van der Waals surface area contributed by atoms with Gasteiger partial charge in [-0.25, -0.2) is 14.6 Å². The number of nitrogens with one attached hydrogen (secondary N) is 2. The van der Waals surface area contributed by atoms with Crippen LogP contribution in [0.3, 0.4) is 0 Å². The molecule has 0 radical (unpaired) electrons. The van der Waals surface area contributed by atoms with Gasteiger partial charge in [-0.05, 0) is 49.4 Å². The number of para-hydroxylation sites is 1. The number of nitrogens with zero attached hydrogens (tertiary/aromatic N) is 4. The summed E-state index contributed by atoms with van der Waals surface area (Å²) >= 11 is 0. The Morgan fingerprint density at radius 2 is 1.73 bits per heavy atom. The van der Waals surface area contributed by atoms with Crippen LogP contribution in [0.2, 0.25) is 0 Å². The molecule has 0 fully saturated rings. The normalized spacial score (nSPS) is 11.2. The molecule has 0 bridgehead atoms. The summed E-state index contributed by atoms with van der Waals surface area (Å²) in [5.41, 5.74) is 0.835. The molecule has 11 heteroatoms. The highest BCUT2D eigenvalue weighted by atomic mass is 19.4. The van der Waals surface area contributed by atoms with Crippen molar-refractivity contribution in [2.75, 3.05) is 10.6 Å². The number of hydrogen-bond acceptors (Lipinski definition) is 6. The van der Waals surface area contributed by atoms with Crippen LogP contribution in [0.5, 0.6) is 5.75 Å². The van der Waals surface area contributed by atoms with Gasteiger partial charge in [-0.2, -0.15) is 5.10 Å². The third-order valence-electron chi connectivity index (χ3n) is 4.34. The lowest BCUT2D eigenvalue weighted by Gasteiger charge is -2.13. The number of carbonyl (C=O) groups excluding carboxylic acids is 1. The molecule has 0 atom stereocenters. The number of alkyl halides is 3. The van der Waals surface area contributed by atoms with Gasteiger partial charge in [0.05, 0.1) is 5.56 Å². The molecule has 4 rings (SSSR count). The molecule has 0 aliphatic rings. The van der Waals surface area contributed by atoms with Gasteiger partial charge in [0.2, 0.25) is 0 Å². The van der Waals surface area contributed by atoms with Crippen LogP contribution in [-0.2, 0) is 0 Å². The monoisotopic (exact) mass is 454 g/mol. The molecular weight excluding hydrogens is 437 g/mol. The zero-order valence-corrected chi connectivity index (χ0v) is 17.2. The van der Waals surface area contributed by atoms with E-state index in [0.29, 0.717) is 28.8 Å². The van der Waals surface area contributed by atoms with Crippen LogP contribution >= 0.6 is 0 Å². The van der Waals surface area contributed by atoms with E-state index in [1.54, 1.807) is 60.4 Å². The first-order chi connectivity index (χ1) is 15.8. The zero-order chi connectivity index (χ0) is 23.4.